The van der Waals surface area contributed by atoms with Crippen molar-refractivity contribution in [3.05, 3.63) is 47.0 Å². The fraction of sp³-hybridized carbons (Fsp3) is 0.375. The fourth-order valence-corrected chi connectivity index (χ4v) is 3.87. The zero-order valence-electron chi connectivity index (χ0n) is 11.8. The first kappa shape index (κ1) is 14.1. The number of nitriles is 1. The molecule has 1 aromatic heterocycles. The van der Waals surface area contributed by atoms with Crippen molar-refractivity contribution in [3.63, 3.8) is 0 Å². The highest BCUT2D eigenvalue weighted by molar-refractivity contribution is 7.15. The van der Waals surface area contributed by atoms with Crippen LogP contribution in [0.25, 0.3) is 0 Å². The Morgan fingerprint density at radius 2 is 2.14 bits per heavy atom. The van der Waals surface area contributed by atoms with E-state index in [-0.39, 0.29) is 24.6 Å². The number of aryl methyl sites for hydroxylation is 1. The lowest BCUT2D eigenvalue weighted by Crippen LogP contribution is -2.63. The number of aliphatic hydroxyl groups is 1. The smallest absolute Gasteiger partial charge is 0.186 e. The van der Waals surface area contributed by atoms with Crippen molar-refractivity contribution >= 4 is 16.5 Å². The van der Waals surface area contributed by atoms with Crippen LogP contribution in [0, 0.1) is 11.3 Å². The van der Waals surface area contributed by atoms with Gasteiger partial charge in [0.25, 0.3) is 0 Å². The zero-order valence-corrected chi connectivity index (χ0v) is 12.6. The van der Waals surface area contributed by atoms with E-state index in [9.17, 15) is 10.4 Å². The third-order valence-corrected chi connectivity index (χ3v) is 5.18. The van der Waals surface area contributed by atoms with Crippen molar-refractivity contribution < 1.29 is 5.11 Å². The van der Waals surface area contributed by atoms with E-state index in [0.717, 1.165) is 17.1 Å². The Balaban J connectivity index is 1.91. The summed E-state index contributed by atoms with van der Waals surface area (Å²) in [5.41, 5.74) is 1.10. The normalized spacial score (nSPS) is 24.4. The molecule has 108 valence electrons. The molecule has 1 aromatic carbocycles. The van der Waals surface area contributed by atoms with Crippen molar-refractivity contribution in [2.24, 2.45) is 0 Å². The van der Waals surface area contributed by atoms with E-state index in [1.807, 2.05) is 41.4 Å². The van der Waals surface area contributed by atoms with Crippen LogP contribution in [-0.2, 0) is 6.42 Å². The lowest BCUT2D eigenvalue weighted by Gasteiger charge is -2.51. The van der Waals surface area contributed by atoms with Gasteiger partial charge < -0.3 is 10.0 Å². The molecule has 3 rings (SSSR count). The number of thiazole rings is 1. The first-order valence-electron chi connectivity index (χ1n) is 7.08. The van der Waals surface area contributed by atoms with Gasteiger partial charge in [-0.1, -0.05) is 37.3 Å². The lowest BCUT2D eigenvalue weighted by molar-refractivity contribution is 0.187. The topological polar surface area (TPSA) is 60.2 Å². The summed E-state index contributed by atoms with van der Waals surface area (Å²) in [4.78, 5) is 7.57. The minimum absolute atomic E-state index is 0.0266. The van der Waals surface area contributed by atoms with Crippen molar-refractivity contribution in [2.45, 2.75) is 31.3 Å². The maximum Gasteiger partial charge on any atom is 0.186 e. The molecule has 3 atom stereocenters. The largest absolute Gasteiger partial charge is 0.394 e. The lowest BCUT2D eigenvalue weighted by atomic mass is 9.76. The highest BCUT2D eigenvalue weighted by Gasteiger charge is 2.50. The Kier molecular flexibility index (Phi) is 3.91. The van der Waals surface area contributed by atoms with Crippen molar-refractivity contribution in [3.8, 4) is 6.07 Å². The van der Waals surface area contributed by atoms with Crippen LogP contribution in [-0.4, -0.2) is 28.8 Å². The Morgan fingerprint density at radius 1 is 1.38 bits per heavy atom. The molecule has 1 saturated heterocycles. The number of hydrogen-bond acceptors (Lipinski definition) is 5. The van der Waals surface area contributed by atoms with E-state index in [2.05, 4.69) is 18.0 Å². The predicted molar refractivity (Wildman–Crippen MR) is 83.4 cm³/mol. The quantitative estimate of drug-likeness (QED) is 0.942. The number of aliphatic hydroxyl groups excluding tert-OH is 1. The van der Waals surface area contributed by atoms with Gasteiger partial charge in [0.15, 0.2) is 5.13 Å². The van der Waals surface area contributed by atoms with E-state index in [0.29, 0.717) is 0 Å². The molecule has 1 aliphatic rings. The summed E-state index contributed by atoms with van der Waals surface area (Å²) in [6.45, 7) is 2.12. The van der Waals surface area contributed by atoms with Gasteiger partial charge in [-0.25, -0.2) is 4.98 Å². The average molecular weight is 299 g/mol. The van der Waals surface area contributed by atoms with Gasteiger partial charge in [-0.05, 0) is 12.0 Å². The van der Waals surface area contributed by atoms with Crippen LogP contribution in [0.5, 0.6) is 0 Å². The van der Waals surface area contributed by atoms with Crippen LogP contribution in [0.3, 0.4) is 0 Å². The second-order valence-electron chi connectivity index (χ2n) is 5.13. The van der Waals surface area contributed by atoms with Crippen LogP contribution in [0.1, 0.15) is 23.3 Å². The number of hydrogen-bond donors (Lipinski definition) is 1. The molecule has 0 unspecified atom stereocenters. The molecular formula is C16H17N3OS. The van der Waals surface area contributed by atoms with Crippen LogP contribution < -0.4 is 4.90 Å². The third kappa shape index (κ3) is 2.31. The first-order valence-corrected chi connectivity index (χ1v) is 7.90. The van der Waals surface area contributed by atoms with Gasteiger partial charge in [0.2, 0.25) is 0 Å². The van der Waals surface area contributed by atoms with Gasteiger partial charge in [-0.3, -0.25) is 0 Å². The second kappa shape index (κ2) is 5.84. The van der Waals surface area contributed by atoms with Gasteiger partial charge >= 0.3 is 0 Å². The summed E-state index contributed by atoms with van der Waals surface area (Å²) in [6.07, 6.45) is 2.80. The SMILES string of the molecule is CCc1cnc(N2[C@@H](C#N)[C@H](c3ccccc3)[C@@H]2CO)s1. The Labute approximate surface area is 128 Å². The molecule has 2 heterocycles. The number of rotatable bonds is 4. The van der Waals surface area contributed by atoms with Gasteiger partial charge in [-0.2, -0.15) is 5.26 Å². The standard InChI is InChI=1S/C16H17N3OS/c1-2-12-9-18-16(21-12)19-13(8-17)15(14(19)10-20)11-6-4-3-5-7-11/h3-7,9,13-15,20H,2,10H2,1H3/t13-,14-,15-/m0/s1. The molecule has 0 bridgehead atoms. The Morgan fingerprint density at radius 3 is 2.71 bits per heavy atom. The van der Waals surface area contributed by atoms with E-state index in [1.54, 1.807) is 11.3 Å². The summed E-state index contributed by atoms with van der Waals surface area (Å²) >= 11 is 1.60. The van der Waals surface area contributed by atoms with Crippen LogP contribution >= 0.6 is 11.3 Å². The summed E-state index contributed by atoms with van der Waals surface area (Å²) in [7, 11) is 0. The first-order chi connectivity index (χ1) is 10.3. The van der Waals surface area contributed by atoms with Gasteiger partial charge in [0.05, 0.1) is 18.7 Å². The summed E-state index contributed by atoms with van der Waals surface area (Å²) in [5.74, 6) is 0.0372. The van der Waals surface area contributed by atoms with Gasteiger partial charge in [0, 0.05) is 17.0 Å². The summed E-state index contributed by atoms with van der Waals surface area (Å²) in [6, 6.07) is 12.0. The summed E-state index contributed by atoms with van der Waals surface area (Å²) < 4.78 is 0. The average Bonchev–Trinajstić information content (AvgIpc) is 2.96. The van der Waals surface area contributed by atoms with Crippen LogP contribution in [0.2, 0.25) is 0 Å². The van der Waals surface area contributed by atoms with E-state index >= 15 is 0 Å². The van der Waals surface area contributed by atoms with Gasteiger partial charge in [0.1, 0.15) is 6.04 Å². The third-order valence-electron chi connectivity index (χ3n) is 4.03. The zero-order chi connectivity index (χ0) is 14.8. The molecular weight excluding hydrogens is 282 g/mol. The van der Waals surface area contributed by atoms with E-state index < -0.39 is 0 Å². The molecule has 1 fully saturated rings. The molecule has 1 aliphatic heterocycles. The van der Waals surface area contributed by atoms with E-state index in [1.165, 1.54) is 4.88 Å². The Bertz CT molecular complexity index is 649. The molecule has 1 N–H and O–H groups in total. The highest BCUT2D eigenvalue weighted by Crippen LogP contribution is 2.44. The van der Waals surface area contributed by atoms with Gasteiger partial charge in [-0.15, -0.1) is 11.3 Å². The number of aromatic nitrogens is 1. The molecule has 0 saturated carbocycles. The monoisotopic (exact) mass is 299 g/mol. The highest BCUT2D eigenvalue weighted by atomic mass is 32.1. The maximum absolute atomic E-state index is 9.75. The summed E-state index contributed by atoms with van der Waals surface area (Å²) in [5, 5.41) is 20.1. The minimum Gasteiger partial charge on any atom is -0.394 e. The molecule has 2 aromatic rings. The minimum atomic E-state index is -0.264. The second-order valence-corrected chi connectivity index (χ2v) is 6.22. The number of nitrogens with zero attached hydrogens (tertiary/aromatic N) is 3. The van der Waals surface area contributed by atoms with Crippen molar-refractivity contribution in [2.75, 3.05) is 11.5 Å². The van der Waals surface area contributed by atoms with Crippen molar-refractivity contribution in [1.29, 1.82) is 5.26 Å². The number of anilines is 1. The molecule has 0 spiro atoms. The fourth-order valence-electron chi connectivity index (χ4n) is 2.93. The molecule has 21 heavy (non-hydrogen) atoms. The maximum atomic E-state index is 9.75. The molecule has 5 heteroatoms. The Hall–Kier alpha value is -1.90. The van der Waals surface area contributed by atoms with Crippen LogP contribution in [0.4, 0.5) is 5.13 Å². The molecule has 4 nitrogen and oxygen atoms in total. The molecule has 0 amide bonds. The van der Waals surface area contributed by atoms with E-state index in [4.69, 9.17) is 0 Å². The number of benzene rings is 1. The predicted octanol–water partition coefficient (Wildman–Crippen LogP) is 2.56. The molecule has 0 aliphatic carbocycles. The molecule has 0 radical (unpaired) electrons. The van der Waals surface area contributed by atoms with Crippen molar-refractivity contribution in [1.82, 2.24) is 4.98 Å². The van der Waals surface area contributed by atoms with Crippen LogP contribution in [0.15, 0.2) is 36.5 Å².